The zero-order valence-electron chi connectivity index (χ0n) is 8.19. The summed E-state index contributed by atoms with van der Waals surface area (Å²) in [6.45, 7) is 2.42. The molecule has 0 aliphatic rings. The van der Waals surface area contributed by atoms with Crippen molar-refractivity contribution >= 4 is 17.2 Å². The van der Waals surface area contributed by atoms with E-state index in [4.69, 9.17) is 4.74 Å². The molecule has 1 rings (SSSR count). The predicted molar refractivity (Wildman–Crippen MR) is 53.1 cm³/mol. The molecule has 1 aromatic heterocycles. The maximum atomic E-state index is 11.3. The second-order valence-corrected chi connectivity index (χ2v) is 3.78. The molecule has 1 atom stereocenters. The molecule has 14 heavy (non-hydrogen) atoms. The van der Waals surface area contributed by atoms with E-state index < -0.39 is 0 Å². The molecule has 1 heterocycles. The molecule has 0 saturated heterocycles. The van der Waals surface area contributed by atoms with Crippen molar-refractivity contribution in [2.45, 2.75) is 19.4 Å². The average molecular weight is 215 g/mol. The smallest absolute Gasteiger partial charge is 0.227 e. The number of hydrogen-bond donors (Lipinski definition) is 1. The minimum Gasteiger partial charge on any atom is -0.380 e. The summed E-state index contributed by atoms with van der Waals surface area (Å²) in [4.78, 5) is 11.3. The Hall–Kier alpha value is -1.01. The van der Waals surface area contributed by atoms with Crippen LogP contribution >= 0.6 is 11.3 Å². The van der Waals surface area contributed by atoms with E-state index in [-0.39, 0.29) is 12.0 Å². The van der Waals surface area contributed by atoms with Gasteiger partial charge in [0.1, 0.15) is 10.5 Å². The van der Waals surface area contributed by atoms with Gasteiger partial charge in [-0.15, -0.1) is 21.5 Å². The van der Waals surface area contributed by atoms with E-state index in [0.717, 1.165) is 5.01 Å². The quantitative estimate of drug-likeness (QED) is 0.763. The summed E-state index contributed by atoms with van der Waals surface area (Å²) >= 11 is 1.38. The highest BCUT2D eigenvalue weighted by Gasteiger charge is 2.07. The minimum absolute atomic E-state index is 0.0355. The lowest BCUT2D eigenvalue weighted by atomic mass is 10.3. The zero-order valence-corrected chi connectivity index (χ0v) is 9.00. The van der Waals surface area contributed by atoms with Gasteiger partial charge >= 0.3 is 0 Å². The highest BCUT2D eigenvalue weighted by molar-refractivity contribution is 7.09. The van der Waals surface area contributed by atoms with E-state index in [0.29, 0.717) is 13.0 Å². The van der Waals surface area contributed by atoms with Crippen LogP contribution in [-0.2, 0) is 16.0 Å². The molecular weight excluding hydrogens is 202 g/mol. The topological polar surface area (TPSA) is 64.1 Å². The lowest BCUT2D eigenvalue weighted by Gasteiger charge is -2.09. The number of ether oxygens (including phenoxy) is 1. The number of carbonyl (C=O) groups excluding carboxylic acids is 1. The third kappa shape index (κ3) is 3.80. The molecule has 1 aromatic rings. The SMILES string of the molecule is COC(C)CNC(=O)Cc1nncs1. The van der Waals surface area contributed by atoms with E-state index in [2.05, 4.69) is 15.5 Å². The Labute approximate surface area is 86.5 Å². The van der Waals surface area contributed by atoms with Crippen LogP contribution < -0.4 is 5.32 Å². The molecule has 0 bridgehead atoms. The van der Waals surface area contributed by atoms with Crippen LogP contribution in [0.4, 0.5) is 0 Å². The summed E-state index contributed by atoms with van der Waals surface area (Å²) in [5.41, 5.74) is 1.61. The number of methoxy groups -OCH3 is 1. The van der Waals surface area contributed by atoms with Crippen molar-refractivity contribution in [1.82, 2.24) is 15.5 Å². The second kappa shape index (κ2) is 5.66. The Bertz CT molecular complexity index is 276. The number of nitrogens with one attached hydrogen (secondary N) is 1. The molecule has 0 spiro atoms. The Balaban J connectivity index is 2.23. The summed E-state index contributed by atoms with van der Waals surface area (Å²) in [6.07, 6.45) is 0.328. The standard InChI is InChI=1S/C8H13N3O2S/c1-6(13-2)4-9-7(12)3-8-11-10-5-14-8/h5-6H,3-4H2,1-2H3,(H,9,12). The summed E-state index contributed by atoms with van der Waals surface area (Å²) in [6, 6.07) is 0. The van der Waals surface area contributed by atoms with E-state index in [1.807, 2.05) is 6.92 Å². The van der Waals surface area contributed by atoms with Gasteiger partial charge in [-0.2, -0.15) is 0 Å². The Morgan fingerprint density at radius 2 is 2.57 bits per heavy atom. The maximum Gasteiger partial charge on any atom is 0.227 e. The first kappa shape index (κ1) is 11.1. The van der Waals surface area contributed by atoms with Crippen molar-refractivity contribution < 1.29 is 9.53 Å². The van der Waals surface area contributed by atoms with E-state index in [1.165, 1.54) is 11.3 Å². The van der Waals surface area contributed by atoms with Crippen LogP contribution in [0, 0.1) is 0 Å². The molecule has 1 N–H and O–H groups in total. The van der Waals surface area contributed by atoms with E-state index in [9.17, 15) is 4.79 Å². The number of amides is 1. The summed E-state index contributed by atoms with van der Waals surface area (Å²) in [7, 11) is 1.61. The molecule has 0 aliphatic carbocycles. The largest absolute Gasteiger partial charge is 0.380 e. The van der Waals surface area contributed by atoms with Crippen molar-refractivity contribution in [3.05, 3.63) is 10.5 Å². The van der Waals surface area contributed by atoms with Gasteiger partial charge in [0.05, 0.1) is 12.5 Å². The van der Waals surface area contributed by atoms with Crippen LogP contribution in [-0.4, -0.2) is 35.9 Å². The van der Waals surface area contributed by atoms with Crippen LogP contribution in [0.25, 0.3) is 0 Å². The third-order valence-electron chi connectivity index (χ3n) is 1.71. The number of rotatable bonds is 5. The van der Waals surface area contributed by atoms with Crippen molar-refractivity contribution in [3.8, 4) is 0 Å². The molecular formula is C8H13N3O2S. The molecule has 0 saturated carbocycles. The van der Waals surface area contributed by atoms with Crippen LogP contribution in [0.3, 0.4) is 0 Å². The number of carbonyl (C=O) groups is 1. The van der Waals surface area contributed by atoms with E-state index >= 15 is 0 Å². The molecule has 1 unspecified atom stereocenters. The monoisotopic (exact) mass is 215 g/mol. The van der Waals surface area contributed by atoms with Gasteiger partial charge in [0, 0.05) is 13.7 Å². The molecule has 0 radical (unpaired) electrons. The number of nitrogens with zero attached hydrogens (tertiary/aromatic N) is 2. The summed E-state index contributed by atoms with van der Waals surface area (Å²) in [5.74, 6) is -0.0503. The van der Waals surface area contributed by atoms with Crippen molar-refractivity contribution in [1.29, 1.82) is 0 Å². The van der Waals surface area contributed by atoms with Gasteiger partial charge in [-0.1, -0.05) is 0 Å². The van der Waals surface area contributed by atoms with Gasteiger partial charge in [0.15, 0.2) is 0 Å². The third-order valence-corrected chi connectivity index (χ3v) is 2.40. The zero-order chi connectivity index (χ0) is 10.4. The van der Waals surface area contributed by atoms with Gasteiger partial charge in [-0.3, -0.25) is 4.79 Å². The van der Waals surface area contributed by atoms with Gasteiger partial charge in [0.2, 0.25) is 5.91 Å². The molecule has 5 nitrogen and oxygen atoms in total. The Kier molecular flexibility index (Phi) is 4.48. The summed E-state index contributed by atoms with van der Waals surface area (Å²) < 4.78 is 5.00. The van der Waals surface area contributed by atoms with Crippen molar-refractivity contribution in [2.75, 3.05) is 13.7 Å². The number of hydrogen-bond acceptors (Lipinski definition) is 5. The predicted octanol–water partition coefficient (Wildman–Crippen LogP) is 0.232. The van der Waals surface area contributed by atoms with Crippen LogP contribution in [0.2, 0.25) is 0 Å². The molecule has 78 valence electrons. The summed E-state index contributed by atoms with van der Waals surface area (Å²) in [5, 5.41) is 10.9. The lowest BCUT2D eigenvalue weighted by Crippen LogP contribution is -2.32. The van der Waals surface area contributed by atoms with Crippen LogP contribution in [0.15, 0.2) is 5.51 Å². The van der Waals surface area contributed by atoms with Crippen LogP contribution in [0.5, 0.6) is 0 Å². The number of aromatic nitrogens is 2. The van der Waals surface area contributed by atoms with Gasteiger partial charge in [0.25, 0.3) is 0 Å². The van der Waals surface area contributed by atoms with Crippen LogP contribution in [0.1, 0.15) is 11.9 Å². The minimum atomic E-state index is -0.0503. The fourth-order valence-electron chi connectivity index (χ4n) is 0.814. The lowest BCUT2D eigenvalue weighted by molar-refractivity contribution is -0.120. The second-order valence-electron chi connectivity index (χ2n) is 2.86. The molecule has 0 aromatic carbocycles. The van der Waals surface area contributed by atoms with E-state index in [1.54, 1.807) is 12.6 Å². The van der Waals surface area contributed by atoms with Gasteiger partial charge < -0.3 is 10.1 Å². The first-order valence-corrected chi connectivity index (χ1v) is 5.15. The van der Waals surface area contributed by atoms with Crippen molar-refractivity contribution in [3.63, 3.8) is 0 Å². The maximum absolute atomic E-state index is 11.3. The highest BCUT2D eigenvalue weighted by Crippen LogP contribution is 2.01. The Morgan fingerprint density at radius 3 is 3.14 bits per heavy atom. The highest BCUT2D eigenvalue weighted by atomic mass is 32.1. The fraction of sp³-hybridized carbons (Fsp3) is 0.625. The first-order valence-electron chi connectivity index (χ1n) is 4.27. The van der Waals surface area contributed by atoms with Gasteiger partial charge in [-0.25, -0.2) is 0 Å². The Morgan fingerprint density at radius 1 is 1.79 bits per heavy atom. The average Bonchev–Trinajstić information content (AvgIpc) is 2.66. The van der Waals surface area contributed by atoms with Gasteiger partial charge in [-0.05, 0) is 6.92 Å². The van der Waals surface area contributed by atoms with Crippen molar-refractivity contribution in [2.24, 2.45) is 0 Å². The molecule has 6 heteroatoms. The molecule has 0 fully saturated rings. The molecule has 0 aliphatic heterocycles. The normalized spacial score (nSPS) is 12.4. The fourth-order valence-corrected chi connectivity index (χ4v) is 1.34. The molecule has 1 amide bonds. The first-order chi connectivity index (χ1) is 6.72.